The molecule has 250 valence electrons. The molecular formula is C41H48N4O3. The van der Waals surface area contributed by atoms with Crippen LogP contribution in [0.4, 0.5) is 5.82 Å². The van der Waals surface area contributed by atoms with Crippen LogP contribution in [0.5, 0.6) is 5.75 Å². The molecule has 3 aromatic carbocycles. The van der Waals surface area contributed by atoms with Crippen LogP contribution in [0.2, 0.25) is 0 Å². The lowest BCUT2D eigenvalue weighted by atomic mass is 9.85. The first-order valence-electron chi connectivity index (χ1n) is 17.8. The third kappa shape index (κ3) is 7.13. The zero-order chi connectivity index (χ0) is 33.1. The van der Waals surface area contributed by atoms with Crippen molar-refractivity contribution in [3.8, 4) is 5.75 Å². The van der Waals surface area contributed by atoms with Gasteiger partial charge >= 0.3 is 0 Å². The molecule has 7 rings (SSSR count). The predicted octanol–water partition coefficient (Wildman–Crippen LogP) is 6.64. The van der Waals surface area contributed by atoms with Crippen molar-refractivity contribution in [2.24, 2.45) is 0 Å². The number of aliphatic hydroxyl groups excluding tert-OH is 1. The quantitative estimate of drug-likeness (QED) is 0.179. The number of aliphatic hydroxyl groups is 1. The van der Waals surface area contributed by atoms with Crippen molar-refractivity contribution in [1.29, 1.82) is 0 Å². The Morgan fingerprint density at radius 1 is 1.00 bits per heavy atom. The minimum Gasteiger partial charge on any atom is -0.487 e. The number of pyridine rings is 1. The zero-order valence-electron chi connectivity index (χ0n) is 28.3. The molecule has 1 amide bonds. The number of anilines is 1. The molecule has 4 aromatic rings. The van der Waals surface area contributed by atoms with E-state index >= 15 is 0 Å². The average Bonchev–Trinajstić information content (AvgIpc) is 3.56. The Bertz CT molecular complexity index is 1740. The van der Waals surface area contributed by atoms with E-state index in [2.05, 4.69) is 64.9 Å². The van der Waals surface area contributed by atoms with Crippen molar-refractivity contribution in [2.45, 2.75) is 95.5 Å². The highest BCUT2D eigenvalue weighted by molar-refractivity contribution is 5.95. The van der Waals surface area contributed by atoms with Gasteiger partial charge in [-0.15, -0.1) is 0 Å². The summed E-state index contributed by atoms with van der Waals surface area (Å²) in [6.07, 6.45) is 6.99. The summed E-state index contributed by atoms with van der Waals surface area (Å²) in [6, 6.07) is 28.5. The fraction of sp³-hybridized carbons (Fsp3) is 0.415. The number of aromatic nitrogens is 1. The number of carbonyl (C=O) groups is 1. The van der Waals surface area contributed by atoms with Crippen LogP contribution in [-0.4, -0.2) is 46.8 Å². The van der Waals surface area contributed by atoms with Crippen LogP contribution in [-0.2, 0) is 25.8 Å². The van der Waals surface area contributed by atoms with Gasteiger partial charge in [-0.2, -0.15) is 0 Å². The van der Waals surface area contributed by atoms with Crippen LogP contribution in [0.1, 0.15) is 88.9 Å². The molecule has 3 N–H and O–H groups in total. The van der Waals surface area contributed by atoms with E-state index in [0.29, 0.717) is 18.5 Å². The molecule has 3 atom stereocenters. The van der Waals surface area contributed by atoms with Crippen LogP contribution in [0.3, 0.4) is 0 Å². The normalized spacial score (nSPS) is 19.2. The Kier molecular flexibility index (Phi) is 9.51. The summed E-state index contributed by atoms with van der Waals surface area (Å²) in [4.78, 5) is 21.0. The molecule has 0 unspecified atom stereocenters. The summed E-state index contributed by atoms with van der Waals surface area (Å²) in [6.45, 7) is 6.08. The average molecular weight is 645 g/mol. The molecule has 2 aliphatic heterocycles. The molecule has 1 spiro atoms. The van der Waals surface area contributed by atoms with E-state index in [-0.39, 0.29) is 17.6 Å². The number of fused-ring (bicyclic) bond motifs is 2. The van der Waals surface area contributed by atoms with Crippen LogP contribution in [0, 0.1) is 6.92 Å². The first kappa shape index (κ1) is 32.4. The first-order valence-corrected chi connectivity index (χ1v) is 17.8. The van der Waals surface area contributed by atoms with Gasteiger partial charge in [0.25, 0.3) is 5.91 Å². The predicted molar refractivity (Wildman–Crippen MR) is 191 cm³/mol. The SMILES string of the molecule is CCc1ccc2c(c1)[C@@H](NC[C@@H](O)[C@H](Cc1ccccc1)NC(=O)c1cc(C)nc(N3CCc4ccccc4C3)c1)CC1(CCCC1)O2. The minimum atomic E-state index is -0.810. The summed E-state index contributed by atoms with van der Waals surface area (Å²) in [5.74, 6) is 1.57. The van der Waals surface area contributed by atoms with Gasteiger partial charge in [0.2, 0.25) is 0 Å². The summed E-state index contributed by atoms with van der Waals surface area (Å²) in [5.41, 5.74) is 7.40. The van der Waals surface area contributed by atoms with Gasteiger partial charge in [0, 0.05) is 48.9 Å². The number of rotatable bonds is 10. The molecule has 3 heterocycles. The molecule has 7 nitrogen and oxygen atoms in total. The lowest BCUT2D eigenvalue weighted by molar-refractivity contribution is 0.0326. The molecule has 0 bridgehead atoms. The molecule has 7 heteroatoms. The van der Waals surface area contributed by atoms with Crippen molar-refractivity contribution >= 4 is 11.7 Å². The van der Waals surface area contributed by atoms with E-state index in [1.807, 2.05) is 49.4 Å². The molecule has 0 saturated heterocycles. The Morgan fingerprint density at radius 3 is 2.56 bits per heavy atom. The van der Waals surface area contributed by atoms with E-state index in [1.54, 1.807) is 0 Å². The van der Waals surface area contributed by atoms with Crippen LogP contribution < -0.4 is 20.3 Å². The number of amides is 1. The summed E-state index contributed by atoms with van der Waals surface area (Å²) in [7, 11) is 0. The number of carbonyl (C=O) groups excluding carboxylic acids is 1. The van der Waals surface area contributed by atoms with Crippen LogP contribution in [0.15, 0.2) is 84.9 Å². The minimum absolute atomic E-state index is 0.0705. The van der Waals surface area contributed by atoms with E-state index in [9.17, 15) is 9.90 Å². The number of hydrogen-bond donors (Lipinski definition) is 3. The lowest BCUT2D eigenvalue weighted by Gasteiger charge is -2.41. The Balaban J connectivity index is 1.09. The van der Waals surface area contributed by atoms with Gasteiger partial charge in [-0.05, 0) is 92.3 Å². The number of nitrogens with one attached hydrogen (secondary N) is 2. The number of nitrogens with zero attached hydrogens (tertiary/aromatic N) is 2. The first-order chi connectivity index (χ1) is 23.4. The molecule has 3 aliphatic rings. The summed E-state index contributed by atoms with van der Waals surface area (Å²) < 4.78 is 6.66. The second kappa shape index (κ2) is 14.1. The highest BCUT2D eigenvalue weighted by Crippen LogP contribution is 2.47. The molecule has 48 heavy (non-hydrogen) atoms. The molecule has 0 radical (unpaired) electrons. The van der Waals surface area contributed by atoms with Gasteiger partial charge in [-0.1, -0.05) is 73.7 Å². The fourth-order valence-corrected chi connectivity index (χ4v) is 7.89. The van der Waals surface area contributed by atoms with E-state index in [1.165, 1.54) is 35.1 Å². The lowest BCUT2D eigenvalue weighted by Crippen LogP contribution is -2.50. The maximum absolute atomic E-state index is 13.9. The molecular weight excluding hydrogens is 596 g/mol. The van der Waals surface area contributed by atoms with E-state index < -0.39 is 12.1 Å². The standard InChI is InChI=1S/C41H48N4O3/c1-3-29-15-16-38-34(22-29)36(25-41(48-38)18-9-10-19-41)42-26-37(46)35(23-30-11-5-4-6-12-30)44-40(47)33-21-28(2)43-39(24-33)45-20-17-31-13-7-8-14-32(31)27-45/h4-8,11-16,21-22,24,35-37,42,46H,3,9-10,17-20,23,25-27H2,1-2H3,(H,44,47)/t35-,36-,37+/m0/s1. The zero-order valence-corrected chi connectivity index (χ0v) is 28.3. The molecule has 1 aliphatic carbocycles. The van der Waals surface area contributed by atoms with Crippen molar-refractivity contribution < 1.29 is 14.6 Å². The van der Waals surface area contributed by atoms with Crippen LogP contribution in [0.25, 0.3) is 0 Å². The van der Waals surface area contributed by atoms with Gasteiger partial charge in [-0.25, -0.2) is 4.98 Å². The van der Waals surface area contributed by atoms with Crippen molar-refractivity contribution in [2.75, 3.05) is 18.0 Å². The van der Waals surface area contributed by atoms with Gasteiger partial charge in [0.15, 0.2) is 0 Å². The Labute approximate surface area is 284 Å². The number of benzene rings is 3. The van der Waals surface area contributed by atoms with Crippen molar-refractivity contribution in [1.82, 2.24) is 15.6 Å². The number of aryl methyl sites for hydroxylation is 2. The highest BCUT2D eigenvalue weighted by Gasteiger charge is 2.43. The van der Waals surface area contributed by atoms with Gasteiger partial charge in [0.1, 0.15) is 17.2 Å². The second-order valence-electron chi connectivity index (χ2n) is 14.0. The molecule has 1 saturated carbocycles. The van der Waals surface area contributed by atoms with Crippen LogP contribution >= 0.6 is 0 Å². The smallest absolute Gasteiger partial charge is 0.251 e. The highest BCUT2D eigenvalue weighted by atomic mass is 16.5. The maximum atomic E-state index is 13.9. The van der Waals surface area contributed by atoms with E-state index in [0.717, 1.165) is 68.0 Å². The monoisotopic (exact) mass is 644 g/mol. The Morgan fingerprint density at radius 2 is 1.77 bits per heavy atom. The Hall–Kier alpha value is -4.20. The van der Waals surface area contributed by atoms with Gasteiger partial charge < -0.3 is 25.4 Å². The third-order valence-corrected chi connectivity index (χ3v) is 10.6. The largest absolute Gasteiger partial charge is 0.487 e. The van der Waals surface area contributed by atoms with E-state index in [4.69, 9.17) is 9.72 Å². The fourth-order valence-electron chi connectivity index (χ4n) is 7.89. The van der Waals surface area contributed by atoms with Crippen molar-refractivity contribution in [3.63, 3.8) is 0 Å². The van der Waals surface area contributed by atoms with Gasteiger partial charge in [-0.3, -0.25) is 4.79 Å². The summed E-state index contributed by atoms with van der Waals surface area (Å²) >= 11 is 0. The topological polar surface area (TPSA) is 86.7 Å². The van der Waals surface area contributed by atoms with Crippen molar-refractivity contribution in [3.05, 3.63) is 124 Å². The molecule has 1 fully saturated rings. The number of ether oxygens (including phenoxy) is 1. The second-order valence-corrected chi connectivity index (χ2v) is 14.0. The number of hydrogen-bond acceptors (Lipinski definition) is 6. The molecule has 1 aromatic heterocycles. The van der Waals surface area contributed by atoms with Gasteiger partial charge in [0.05, 0.1) is 12.1 Å². The maximum Gasteiger partial charge on any atom is 0.251 e. The summed E-state index contributed by atoms with van der Waals surface area (Å²) in [5, 5.41) is 18.7. The third-order valence-electron chi connectivity index (χ3n) is 10.6.